The molecule has 0 saturated carbocycles. The summed E-state index contributed by atoms with van der Waals surface area (Å²) in [5, 5.41) is 13.2. The Bertz CT molecular complexity index is 903. The highest BCUT2D eigenvalue weighted by atomic mass is 32.2. The van der Waals surface area contributed by atoms with Crippen LogP contribution in [0.15, 0.2) is 53.4 Å². The molecule has 0 aliphatic carbocycles. The molecule has 27 heavy (non-hydrogen) atoms. The fraction of sp³-hybridized carbons (Fsp3) is 0.250. The summed E-state index contributed by atoms with van der Waals surface area (Å²) in [4.78, 5) is 9.84. The predicted octanol–water partition coefficient (Wildman–Crippen LogP) is 3.39. The normalized spacial score (nSPS) is 12.0. The Hall–Kier alpha value is -2.66. The maximum absolute atomic E-state index is 13.1. The minimum atomic E-state index is -4.76. The van der Waals surface area contributed by atoms with E-state index >= 15 is 0 Å². The van der Waals surface area contributed by atoms with Gasteiger partial charge in [-0.15, -0.1) is 0 Å². The van der Waals surface area contributed by atoms with Gasteiger partial charge in [-0.3, -0.25) is 10.1 Å². The second-order valence-electron chi connectivity index (χ2n) is 5.48. The van der Waals surface area contributed by atoms with E-state index in [-0.39, 0.29) is 30.1 Å². The molecule has 0 bridgehead atoms. The summed E-state index contributed by atoms with van der Waals surface area (Å²) >= 11 is 0. The molecule has 0 amide bonds. The molecule has 0 spiro atoms. The second-order valence-corrected chi connectivity index (χ2v) is 7.24. The van der Waals surface area contributed by atoms with Crippen molar-refractivity contribution in [1.29, 1.82) is 0 Å². The molecule has 146 valence electrons. The topological polar surface area (TPSA) is 101 Å². The number of nitrogens with one attached hydrogen (secondary N) is 2. The number of halogens is 3. The van der Waals surface area contributed by atoms with Crippen molar-refractivity contribution in [3.63, 3.8) is 0 Å². The van der Waals surface area contributed by atoms with Crippen LogP contribution in [0.5, 0.6) is 0 Å². The van der Waals surface area contributed by atoms with Crippen LogP contribution in [-0.4, -0.2) is 26.4 Å². The van der Waals surface area contributed by atoms with Crippen LogP contribution in [0.3, 0.4) is 0 Å². The van der Waals surface area contributed by atoms with Gasteiger partial charge in [0.25, 0.3) is 5.69 Å². The minimum Gasteiger partial charge on any atom is -0.384 e. The van der Waals surface area contributed by atoms with Gasteiger partial charge in [0.2, 0.25) is 10.0 Å². The van der Waals surface area contributed by atoms with E-state index in [0.717, 1.165) is 12.1 Å². The van der Waals surface area contributed by atoms with Crippen LogP contribution in [0.4, 0.5) is 24.5 Å². The Morgan fingerprint density at radius 2 is 1.70 bits per heavy atom. The van der Waals surface area contributed by atoms with Crippen molar-refractivity contribution in [1.82, 2.24) is 4.72 Å². The number of sulfonamides is 1. The predicted molar refractivity (Wildman–Crippen MR) is 92.8 cm³/mol. The molecule has 2 N–H and O–H groups in total. The van der Waals surface area contributed by atoms with Crippen LogP contribution in [0.25, 0.3) is 0 Å². The van der Waals surface area contributed by atoms with Crippen LogP contribution in [0.1, 0.15) is 12.0 Å². The molecule has 2 aromatic carbocycles. The van der Waals surface area contributed by atoms with Gasteiger partial charge in [-0.25, -0.2) is 13.1 Å². The largest absolute Gasteiger partial charge is 0.418 e. The Balaban J connectivity index is 1.95. The van der Waals surface area contributed by atoms with Gasteiger partial charge in [-0.2, -0.15) is 13.2 Å². The van der Waals surface area contributed by atoms with Gasteiger partial charge < -0.3 is 5.32 Å². The van der Waals surface area contributed by atoms with Crippen molar-refractivity contribution in [2.24, 2.45) is 0 Å². The van der Waals surface area contributed by atoms with E-state index in [1.807, 2.05) is 0 Å². The van der Waals surface area contributed by atoms with Gasteiger partial charge in [0.15, 0.2) is 0 Å². The zero-order valence-corrected chi connectivity index (χ0v) is 14.7. The first-order valence-electron chi connectivity index (χ1n) is 7.75. The zero-order chi connectivity index (χ0) is 20.1. The second kappa shape index (κ2) is 8.35. The quantitative estimate of drug-likeness (QED) is 0.400. The van der Waals surface area contributed by atoms with E-state index in [1.165, 1.54) is 12.1 Å². The maximum Gasteiger partial charge on any atom is 0.418 e. The summed E-state index contributed by atoms with van der Waals surface area (Å²) in [6.45, 7) is 0.0523. The first kappa shape index (κ1) is 20.6. The number of nitro benzene ring substituents is 1. The van der Waals surface area contributed by atoms with Crippen molar-refractivity contribution in [2.45, 2.75) is 17.5 Å². The Labute approximate surface area is 153 Å². The number of anilines is 1. The van der Waals surface area contributed by atoms with Crippen LogP contribution in [0.2, 0.25) is 0 Å². The summed E-state index contributed by atoms with van der Waals surface area (Å²) < 4.78 is 65.5. The number of nitro groups is 1. The highest BCUT2D eigenvalue weighted by Gasteiger charge is 2.35. The Kier molecular flexibility index (Phi) is 6.39. The highest BCUT2D eigenvalue weighted by Crippen LogP contribution is 2.37. The molecule has 0 heterocycles. The highest BCUT2D eigenvalue weighted by molar-refractivity contribution is 7.89. The molecule has 0 unspecified atom stereocenters. The van der Waals surface area contributed by atoms with Crippen molar-refractivity contribution < 1.29 is 26.5 Å². The monoisotopic (exact) mass is 403 g/mol. The maximum atomic E-state index is 13.1. The number of alkyl halides is 3. The van der Waals surface area contributed by atoms with Crippen molar-refractivity contribution >= 4 is 21.4 Å². The van der Waals surface area contributed by atoms with Crippen LogP contribution < -0.4 is 10.0 Å². The van der Waals surface area contributed by atoms with Crippen LogP contribution >= 0.6 is 0 Å². The third-order valence-electron chi connectivity index (χ3n) is 3.53. The molecular weight excluding hydrogens is 387 g/mol. The fourth-order valence-corrected chi connectivity index (χ4v) is 3.33. The third-order valence-corrected chi connectivity index (χ3v) is 5.01. The first-order chi connectivity index (χ1) is 12.6. The molecular formula is C16H16F3N3O4S. The summed E-state index contributed by atoms with van der Waals surface area (Å²) in [7, 11) is -3.68. The minimum absolute atomic E-state index is 0.0125. The summed E-state index contributed by atoms with van der Waals surface area (Å²) in [5.41, 5.74) is -2.12. The van der Waals surface area contributed by atoms with Crippen LogP contribution in [0, 0.1) is 10.1 Å². The van der Waals surface area contributed by atoms with Gasteiger partial charge in [-0.1, -0.05) is 18.2 Å². The number of non-ortho nitro benzene ring substituents is 1. The van der Waals surface area contributed by atoms with Crippen molar-refractivity contribution in [3.05, 3.63) is 64.2 Å². The average Bonchev–Trinajstić information content (AvgIpc) is 2.61. The summed E-state index contributed by atoms with van der Waals surface area (Å²) in [5.74, 6) is 0. The van der Waals surface area contributed by atoms with Gasteiger partial charge in [0.05, 0.1) is 15.4 Å². The molecule has 7 nitrogen and oxygen atoms in total. The zero-order valence-electron chi connectivity index (χ0n) is 13.9. The van der Waals surface area contributed by atoms with E-state index in [4.69, 9.17) is 0 Å². The molecule has 11 heteroatoms. The average molecular weight is 403 g/mol. The molecule has 0 saturated heterocycles. The SMILES string of the molecule is O=[N+]([O-])c1ccc(NCCCNS(=O)(=O)c2ccccc2)c(C(F)(F)F)c1. The van der Waals surface area contributed by atoms with Gasteiger partial charge in [0.1, 0.15) is 0 Å². The molecule has 2 aromatic rings. The number of nitrogens with zero attached hydrogens (tertiary/aromatic N) is 1. The van der Waals surface area contributed by atoms with E-state index in [1.54, 1.807) is 18.2 Å². The van der Waals surface area contributed by atoms with Crippen molar-refractivity contribution in [3.8, 4) is 0 Å². The van der Waals surface area contributed by atoms with E-state index in [2.05, 4.69) is 10.0 Å². The fourth-order valence-electron chi connectivity index (χ4n) is 2.24. The number of rotatable bonds is 8. The summed E-state index contributed by atoms with van der Waals surface area (Å²) in [6, 6.07) is 10.1. The van der Waals surface area contributed by atoms with Crippen LogP contribution in [-0.2, 0) is 16.2 Å². The Morgan fingerprint density at radius 1 is 1.04 bits per heavy atom. The molecule has 0 radical (unpaired) electrons. The van der Waals surface area contributed by atoms with Gasteiger partial charge in [-0.05, 0) is 24.6 Å². The summed E-state index contributed by atoms with van der Waals surface area (Å²) in [6.07, 6.45) is -4.55. The smallest absolute Gasteiger partial charge is 0.384 e. The first-order valence-corrected chi connectivity index (χ1v) is 9.24. The molecule has 0 aromatic heterocycles. The van der Waals surface area contributed by atoms with E-state index in [9.17, 15) is 31.7 Å². The number of hydrogen-bond acceptors (Lipinski definition) is 5. The molecule has 0 fully saturated rings. The standard InChI is InChI=1S/C16H16F3N3O4S/c17-16(18,19)14-11-12(22(23)24)7-8-15(14)20-9-4-10-21-27(25,26)13-5-2-1-3-6-13/h1-3,5-8,11,20-21H,4,9-10H2. The molecule has 0 aliphatic rings. The molecule has 2 rings (SSSR count). The van der Waals surface area contributed by atoms with Gasteiger partial charge in [0, 0.05) is 30.9 Å². The Morgan fingerprint density at radius 3 is 2.30 bits per heavy atom. The molecule has 0 aliphatic heterocycles. The lowest BCUT2D eigenvalue weighted by atomic mass is 10.1. The van der Waals surface area contributed by atoms with E-state index < -0.39 is 32.4 Å². The lowest BCUT2D eigenvalue weighted by Crippen LogP contribution is -2.26. The van der Waals surface area contributed by atoms with E-state index in [0.29, 0.717) is 6.07 Å². The lowest BCUT2D eigenvalue weighted by molar-refractivity contribution is -0.385. The van der Waals surface area contributed by atoms with Gasteiger partial charge >= 0.3 is 6.18 Å². The molecule has 0 atom stereocenters. The number of hydrogen-bond donors (Lipinski definition) is 2. The number of benzene rings is 2. The third kappa shape index (κ3) is 5.66. The van der Waals surface area contributed by atoms with Crippen molar-refractivity contribution in [2.75, 3.05) is 18.4 Å². The lowest BCUT2D eigenvalue weighted by Gasteiger charge is -2.14.